The fourth-order valence-corrected chi connectivity index (χ4v) is 2.39. The lowest BCUT2D eigenvalue weighted by Gasteiger charge is -2.16. The summed E-state index contributed by atoms with van der Waals surface area (Å²) in [7, 11) is 1.14. The van der Waals surface area contributed by atoms with Crippen molar-refractivity contribution in [2.24, 2.45) is 0 Å². The first-order valence-corrected chi connectivity index (χ1v) is 8.16. The van der Waals surface area contributed by atoms with Gasteiger partial charge < -0.3 is 23.6 Å². The fourth-order valence-electron chi connectivity index (χ4n) is 2.39. The van der Waals surface area contributed by atoms with E-state index in [1.165, 1.54) is 0 Å². The van der Waals surface area contributed by atoms with Crippen LogP contribution >= 0.6 is 0 Å². The Labute approximate surface area is 155 Å². The Balaban J connectivity index is 2.60. The van der Waals surface area contributed by atoms with Gasteiger partial charge in [-0.2, -0.15) is 0 Å². The van der Waals surface area contributed by atoms with Crippen molar-refractivity contribution in [2.45, 2.75) is 20.1 Å². The number of rotatable bonds is 8. The highest BCUT2D eigenvalue weighted by Crippen LogP contribution is 2.19. The van der Waals surface area contributed by atoms with E-state index in [2.05, 4.69) is 0 Å². The average molecular weight is 373 g/mol. The van der Waals surface area contributed by atoms with E-state index in [0.29, 0.717) is 6.29 Å². The molecule has 0 spiro atoms. The highest BCUT2D eigenvalue weighted by Gasteiger charge is 2.26. The van der Waals surface area contributed by atoms with Crippen LogP contribution in [0.2, 0.25) is 0 Å². The summed E-state index contributed by atoms with van der Waals surface area (Å²) >= 11 is 0. The van der Waals surface area contributed by atoms with Gasteiger partial charge in [-0.25, -0.2) is 9.59 Å². The zero-order valence-corrected chi connectivity index (χ0v) is 15.0. The molecule has 1 aromatic carbocycles. The van der Waals surface area contributed by atoms with Gasteiger partial charge in [-0.15, -0.1) is 0 Å². The zero-order valence-electron chi connectivity index (χ0n) is 15.0. The number of methoxy groups -OCH3 is 1. The first kappa shape index (κ1) is 19.9. The maximum absolute atomic E-state index is 12.8. The number of hydrogen-bond donors (Lipinski definition) is 0. The quantitative estimate of drug-likeness (QED) is 0.511. The lowest BCUT2D eigenvalue weighted by molar-refractivity contribution is -0.108. The molecule has 0 N–H and O–H groups in total. The predicted octanol–water partition coefficient (Wildman–Crippen LogP) is 1.59. The van der Waals surface area contributed by atoms with Gasteiger partial charge in [0.1, 0.15) is 18.5 Å². The standard InChI is InChI=1S/C19H19NO7/c1-3-26-18(23)14-11-20(9-10-21)15(19(24)25-2)17(16(14)22)27-12-13-7-5-4-6-8-13/h4-8,10-11H,3,9,12H2,1-2H3. The Morgan fingerprint density at radius 2 is 1.85 bits per heavy atom. The van der Waals surface area contributed by atoms with Gasteiger partial charge in [0.05, 0.1) is 20.3 Å². The summed E-state index contributed by atoms with van der Waals surface area (Å²) in [6, 6.07) is 8.95. The Morgan fingerprint density at radius 1 is 1.15 bits per heavy atom. The molecule has 2 rings (SSSR count). The fraction of sp³-hybridized carbons (Fsp3) is 0.263. The predicted molar refractivity (Wildman–Crippen MR) is 94.8 cm³/mol. The van der Waals surface area contributed by atoms with Gasteiger partial charge in [0.25, 0.3) is 0 Å². The Kier molecular flexibility index (Phi) is 6.87. The molecule has 142 valence electrons. The first-order valence-electron chi connectivity index (χ1n) is 8.16. The number of esters is 2. The number of nitrogens with zero attached hydrogens (tertiary/aromatic N) is 1. The molecule has 0 bridgehead atoms. The van der Waals surface area contributed by atoms with Crippen molar-refractivity contribution in [3.63, 3.8) is 0 Å². The van der Waals surface area contributed by atoms with Gasteiger partial charge in [-0.3, -0.25) is 4.79 Å². The van der Waals surface area contributed by atoms with E-state index in [0.717, 1.165) is 23.4 Å². The largest absolute Gasteiger partial charge is 0.482 e. The van der Waals surface area contributed by atoms with Crippen LogP contribution in [-0.2, 0) is 27.4 Å². The molecule has 0 saturated heterocycles. The third kappa shape index (κ3) is 4.60. The van der Waals surface area contributed by atoms with E-state index in [4.69, 9.17) is 14.2 Å². The molecular weight excluding hydrogens is 354 g/mol. The van der Waals surface area contributed by atoms with Crippen molar-refractivity contribution < 1.29 is 28.6 Å². The average Bonchev–Trinajstić information content (AvgIpc) is 2.68. The molecule has 0 aliphatic carbocycles. The molecule has 8 heteroatoms. The lowest BCUT2D eigenvalue weighted by atomic mass is 10.2. The van der Waals surface area contributed by atoms with E-state index in [9.17, 15) is 19.2 Å². The van der Waals surface area contributed by atoms with Crippen molar-refractivity contribution in [2.75, 3.05) is 13.7 Å². The number of benzene rings is 1. The number of pyridine rings is 1. The van der Waals surface area contributed by atoms with Crippen LogP contribution in [0.25, 0.3) is 0 Å². The van der Waals surface area contributed by atoms with Gasteiger partial charge in [-0.1, -0.05) is 30.3 Å². The van der Waals surface area contributed by atoms with E-state index in [1.807, 2.05) is 6.07 Å². The molecule has 0 saturated carbocycles. The van der Waals surface area contributed by atoms with Crippen LogP contribution in [0.4, 0.5) is 0 Å². The van der Waals surface area contributed by atoms with Crippen molar-refractivity contribution in [3.8, 4) is 5.75 Å². The molecule has 1 heterocycles. The number of carbonyl (C=O) groups is 3. The minimum Gasteiger partial charge on any atom is -0.482 e. The van der Waals surface area contributed by atoms with Crippen LogP contribution in [-0.4, -0.2) is 36.5 Å². The third-order valence-corrected chi connectivity index (χ3v) is 3.61. The zero-order chi connectivity index (χ0) is 19.8. The molecule has 0 aliphatic heterocycles. The molecule has 0 aliphatic rings. The van der Waals surface area contributed by atoms with Crippen molar-refractivity contribution in [1.82, 2.24) is 4.57 Å². The van der Waals surface area contributed by atoms with Crippen LogP contribution in [0, 0.1) is 0 Å². The van der Waals surface area contributed by atoms with Gasteiger partial charge in [-0.05, 0) is 12.5 Å². The summed E-state index contributed by atoms with van der Waals surface area (Å²) in [5.74, 6) is -2.12. The minimum atomic E-state index is -0.872. The summed E-state index contributed by atoms with van der Waals surface area (Å²) in [4.78, 5) is 48.1. The second-order valence-corrected chi connectivity index (χ2v) is 5.35. The third-order valence-electron chi connectivity index (χ3n) is 3.61. The van der Waals surface area contributed by atoms with Crippen molar-refractivity contribution >= 4 is 18.2 Å². The van der Waals surface area contributed by atoms with Crippen LogP contribution < -0.4 is 10.2 Å². The molecule has 27 heavy (non-hydrogen) atoms. The van der Waals surface area contributed by atoms with Crippen LogP contribution in [0.3, 0.4) is 0 Å². The highest BCUT2D eigenvalue weighted by atomic mass is 16.5. The van der Waals surface area contributed by atoms with Crippen LogP contribution in [0.15, 0.2) is 41.3 Å². The van der Waals surface area contributed by atoms with Crippen molar-refractivity contribution in [3.05, 3.63) is 63.6 Å². The normalized spacial score (nSPS) is 10.1. The van der Waals surface area contributed by atoms with Crippen molar-refractivity contribution in [1.29, 1.82) is 0 Å². The van der Waals surface area contributed by atoms with Gasteiger partial charge >= 0.3 is 11.9 Å². The minimum absolute atomic E-state index is 0.0204. The second kappa shape index (κ2) is 9.33. The maximum atomic E-state index is 12.8. The summed E-state index contributed by atoms with van der Waals surface area (Å²) in [5, 5.41) is 0. The first-order chi connectivity index (χ1) is 13.0. The van der Waals surface area contributed by atoms with Gasteiger partial charge in [0.15, 0.2) is 11.4 Å². The molecule has 2 aromatic rings. The number of carbonyl (C=O) groups excluding carboxylic acids is 3. The molecule has 0 radical (unpaired) electrons. The van der Waals surface area contributed by atoms with Crippen LogP contribution in [0.5, 0.6) is 5.75 Å². The summed E-state index contributed by atoms with van der Waals surface area (Å²) in [6.45, 7) is 1.36. The molecule has 8 nitrogen and oxygen atoms in total. The topological polar surface area (TPSA) is 101 Å². The van der Waals surface area contributed by atoms with Gasteiger partial charge in [0.2, 0.25) is 5.43 Å². The highest BCUT2D eigenvalue weighted by molar-refractivity contribution is 5.94. The maximum Gasteiger partial charge on any atom is 0.358 e. The summed E-state index contributed by atoms with van der Waals surface area (Å²) in [6.07, 6.45) is 1.61. The van der Waals surface area contributed by atoms with Gasteiger partial charge in [0, 0.05) is 6.20 Å². The molecular formula is C19H19NO7. The SMILES string of the molecule is CCOC(=O)c1cn(CC=O)c(C(=O)OC)c(OCc2ccccc2)c1=O. The molecule has 0 unspecified atom stereocenters. The molecule has 1 aromatic heterocycles. The number of hydrogen-bond acceptors (Lipinski definition) is 7. The van der Waals surface area contributed by atoms with E-state index in [-0.39, 0.29) is 36.8 Å². The smallest absolute Gasteiger partial charge is 0.358 e. The number of aromatic nitrogens is 1. The lowest BCUT2D eigenvalue weighted by Crippen LogP contribution is -2.27. The molecule has 0 fully saturated rings. The van der Waals surface area contributed by atoms with E-state index < -0.39 is 17.4 Å². The number of ether oxygens (including phenoxy) is 3. The monoisotopic (exact) mass is 373 g/mol. The number of aldehydes is 1. The van der Waals surface area contributed by atoms with E-state index in [1.54, 1.807) is 31.2 Å². The molecule has 0 amide bonds. The molecule has 0 atom stereocenters. The van der Waals surface area contributed by atoms with E-state index >= 15 is 0 Å². The Morgan fingerprint density at radius 3 is 2.44 bits per heavy atom. The second-order valence-electron chi connectivity index (χ2n) is 5.35. The Hall–Kier alpha value is -3.42. The van der Waals surface area contributed by atoms with Crippen LogP contribution in [0.1, 0.15) is 33.3 Å². The summed E-state index contributed by atoms with van der Waals surface area (Å²) < 4.78 is 16.3. The Bertz CT molecular complexity index is 887. The summed E-state index contributed by atoms with van der Waals surface area (Å²) in [5.41, 5.74) is -0.656.